The summed E-state index contributed by atoms with van der Waals surface area (Å²) in [5.74, 6) is 1.57. The highest BCUT2D eigenvalue weighted by atomic mass is 32.2. The zero-order valence-corrected chi connectivity index (χ0v) is 33.5. The number of fused-ring (bicyclic) bond motifs is 1. The minimum absolute atomic E-state index is 0.0186. The third kappa shape index (κ3) is 17.3. The van der Waals surface area contributed by atoms with Crippen molar-refractivity contribution in [2.24, 2.45) is 0 Å². The first-order valence-electron chi connectivity index (χ1n) is 16.4. The molecule has 3 aromatic rings. The first kappa shape index (κ1) is 46.5. The monoisotopic (exact) mass is 727 g/mol. The topological polar surface area (TPSA) is 158 Å². The second kappa shape index (κ2) is 25.4. The molecule has 3 atom stereocenters. The van der Waals surface area contributed by atoms with E-state index in [1.807, 2.05) is 68.7 Å². The number of benzene rings is 1. The number of aromatic nitrogens is 3. The van der Waals surface area contributed by atoms with E-state index >= 15 is 0 Å². The van der Waals surface area contributed by atoms with Gasteiger partial charge in [0.2, 0.25) is 5.95 Å². The maximum Gasteiger partial charge on any atom is 0.319 e. The molecule has 49 heavy (non-hydrogen) atoms. The van der Waals surface area contributed by atoms with Crippen molar-refractivity contribution in [2.75, 3.05) is 52.0 Å². The van der Waals surface area contributed by atoms with Crippen LogP contribution in [0.5, 0.6) is 5.75 Å². The molecule has 15 heteroatoms. The van der Waals surface area contributed by atoms with Crippen LogP contribution in [0.25, 0.3) is 11.0 Å². The van der Waals surface area contributed by atoms with E-state index in [0.717, 1.165) is 30.9 Å². The predicted molar refractivity (Wildman–Crippen MR) is 206 cm³/mol. The summed E-state index contributed by atoms with van der Waals surface area (Å²) in [6.45, 7) is 16.3. The van der Waals surface area contributed by atoms with Crippen molar-refractivity contribution >= 4 is 49.6 Å². The second-order valence-corrected chi connectivity index (χ2v) is 13.5. The van der Waals surface area contributed by atoms with Gasteiger partial charge in [-0.1, -0.05) is 51.3 Å². The number of nitrogens with two attached hydrogens (primary N) is 1. The lowest BCUT2D eigenvalue weighted by molar-refractivity contribution is -0.111. The number of nitrogens with zero attached hydrogens (tertiary/aromatic N) is 4. The molecular weight excluding hydrogens is 665 g/mol. The van der Waals surface area contributed by atoms with Gasteiger partial charge in [-0.25, -0.2) is 5.09 Å². The minimum atomic E-state index is -1.62. The van der Waals surface area contributed by atoms with Gasteiger partial charge < -0.3 is 38.7 Å². The Kier molecular flexibility index (Phi) is 24.1. The number of hydrazine groups is 1. The van der Waals surface area contributed by atoms with Crippen molar-refractivity contribution in [1.29, 1.82) is 0 Å². The average molecular weight is 728 g/mol. The summed E-state index contributed by atoms with van der Waals surface area (Å²) < 4.78 is 24.9. The zero-order chi connectivity index (χ0) is 37.6. The Bertz CT molecular complexity index is 1300. The number of anilines is 2. The van der Waals surface area contributed by atoms with E-state index < -0.39 is 14.1 Å². The first-order chi connectivity index (χ1) is 23.3. The molecule has 0 saturated carbocycles. The molecule has 0 bridgehead atoms. The summed E-state index contributed by atoms with van der Waals surface area (Å²) in [4.78, 5) is 23.7. The molecule has 5 N–H and O–H groups in total. The molecule has 280 valence electrons. The normalized spacial score (nSPS) is 12.8. The summed E-state index contributed by atoms with van der Waals surface area (Å²) in [5.41, 5.74) is 7.19. The molecule has 1 aromatic carbocycles. The fourth-order valence-corrected chi connectivity index (χ4v) is 5.59. The average Bonchev–Trinajstić information content (AvgIpc) is 3.51. The highest BCUT2D eigenvalue weighted by molar-refractivity contribution is 7.96. The van der Waals surface area contributed by atoms with Crippen LogP contribution >= 0.6 is 20.5 Å². The fourth-order valence-electron chi connectivity index (χ4n) is 3.93. The Morgan fingerprint density at radius 1 is 1.08 bits per heavy atom. The molecule has 0 fully saturated rings. The Balaban J connectivity index is 0.00000204. The number of aliphatic hydroxyl groups excluding tert-OH is 1. The smallest absolute Gasteiger partial charge is 0.319 e. The summed E-state index contributed by atoms with van der Waals surface area (Å²) in [7, 11) is 4.62. The van der Waals surface area contributed by atoms with Gasteiger partial charge in [-0.3, -0.25) is 5.01 Å². The first-order valence-corrected chi connectivity index (χ1v) is 18.8. The van der Waals surface area contributed by atoms with E-state index in [1.54, 1.807) is 28.1 Å². The van der Waals surface area contributed by atoms with Crippen LogP contribution in [0, 0.1) is 0 Å². The van der Waals surface area contributed by atoms with Gasteiger partial charge in [0, 0.05) is 40.6 Å². The molecule has 2 heterocycles. The maximum atomic E-state index is 11.6. The molecule has 0 spiro atoms. The highest BCUT2D eigenvalue weighted by Gasteiger charge is 2.27. The number of aldehydes is 1. The largest absolute Gasteiger partial charge is 0.436 e. The number of hydrogen-bond acceptors (Lipinski definition) is 13. The Morgan fingerprint density at radius 2 is 1.67 bits per heavy atom. The third-order valence-electron chi connectivity index (χ3n) is 6.57. The van der Waals surface area contributed by atoms with Gasteiger partial charge in [0.15, 0.2) is 5.82 Å². The number of carbonyl (C=O) groups is 1. The van der Waals surface area contributed by atoms with E-state index in [9.17, 15) is 4.79 Å². The molecular formula is C34H62N7O6PS. The van der Waals surface area contributed by atoms with E-state index in [1.165, 1.54) is 23.9 Å². The molecule has 0 aliphatic heterocycles. The summed E-state index contributed by atoms with van der Waals surface area (Å²) >= 11 is 1.46. The molecule has 3 unspecified atom stereocenters. The van der Waals surface area contributed by atoms with E-state index in [2.05, 4.69) is 52.1 Å². The van der Waals surface area contributed by atoms with Crippen LogP contribution in [-0.4, -0.2) is 84.9 Å². The molecule has 3 rings (SSSR count). The van der Waals surface area contributed by atoms with Gasteiger partial charge in [0.05, 0.1) is 29.7 Å². The van der Waals surface area contributed by atoms with Crippen LogP contribution in [-0.2, 0) is 25.2 Å². The second-order valence-electron chi connectivity index (χ2n) is 11.7. The van der Waals surface area contributed by atoms with Gasteiger partial charge in [-0.2, -0.15) is 14.8 Å². The summed E-state index contributed by atoms with van der Waals surface area (Å²) in [5, 5.41) is 12.9. The number of rotatable bonds is 17. The van der Waals surface area contributed by atoms with Gasteiger partial charge in [-0.15, -0.1) is 0 Å². The maximum absolute atomic E-state index is 11.6. The van der Waals surface area contributed by atoms with Crippen molar-refractivity contribution in [3.8, 4) is 5.75 Å². The Morgan fingerprint density at radius 3 is 2.16 bits per heavy atom. The Labute approximate surface area is 300 Å². The lowest BCUT2D eigenvalue weighted by Gasteiger charge is -2.28. The third-order valence-corrected chi connectivity index (χ3v) is 8.55. The number of hydrogen-bond donors (Lipinski definition) is 4. The van der Waals surface area contributed by atoms with Gasteiger partial charge in [-0.05, 0) is 77.5 Å². The molecule has 0 aliphatic carbocycles. The van der Waals surface area contributed by atoms with E-state index in [0.29, 0.717) is 24.1 Å². The number of aryl methyl sites for hydroxylation is 1. The lowest BCUT2D eigenvalue weighted by Crippen LogP contribution is -2.39. The number of nitrogens with one attached hydrogen (secondary N) is 2. The number of aliphatic hydroxyl groups is 1. The molecule has 0 aliphatic rings. The van der Waals surface area contributed by atoms with Crippen LogP contribution in [0.1, 0.15) is 79.8 Å². The van der Waals surface area contributed by atoms with Crippen molar-refractivity contribution in [3.63, 3.8) is 0 Å². The molecule has 13 nitrogen and oxygen atoms in total. The molecule has 0 saturated heterocycles. The zero-order valence-electron chi connectivity index (χ0n) is 31.8. The van der Waals surface area contributed by atoms with Crippen molar-refractivity contribution in [1.82, 2.24) is 24.5 Å². The lowest BCUT2D eigenvalue weighted by atomic mass is 10.1. The van der Waals surface area contributed by atoms with Crippen LogP contribution in [0.2, 0.25) is 0 Å². The van der Waals surface area contributed by atoms with E-state index in [-0.39, 0.29) is 24.7 Å². The summed E-state index contributed by atoms with van der Waals surface area (Å²) in [6.07, 6.45) is 7.74. The van der Waals surface area contributed by atoms with Crippen LogP contribution < -0.4 is 25.2 Å². The van der Waals surface area contributed by atoms with Crippen molar-refractivity contribution in [3.05, 3.63) is 42.1 Å². The number of nitrogen functional groups attached to an aromatic ring is 1. The van der Waals surface area contributed by atoms with Crippen LogP contribution in [0.15, 0.2) is 36.5 Å². The number of ether oxygens (including phenoxy) is 2. The minimum Gasteiger partial charge on any atom is -0.436 e. The summed E-state index contributed by atoms with van der Waals surface area (Å²) in [6, 6.07) is 9.86. The van der Waals surface area contributed by atoms with Crippen LogP contribution in [0.3, 0.4) is 0 Å². The van der Waals surface area contributed by atoms with Crippen molar-refractivity contribution in [2.45, 2.75) is 98.4 Å². The van der Waals surface area contributed by atoms with Gasteiger partial charge >= 0.3 is 8.53 Å². The number of carbonyl (C=O) groups excluding carboxylic acids is 1. The Hall–Kier alpha value is -2.55. The SMILES string of the molecule is CCC.CCc1ccc(OP(NC(C)(C)C=O)OCC(CC(C)n2ccc3c(N(C)NSC)nc(N)nc32)OC)cc1.CO.COC(C)C. The highest BCUT2D eigenvalue weighted by Crippen LogP contribution is 2.38. The standard InChI is InChI=1S/C26H40N7O4PS.C4H10O.C3H8.CH4O/c1-8-19-9-11-20(12-10-19)37-38(30-26(3,4)17-34)36-16-21(35-6)15-18(2)33-14-13-22-23(32(5)31-39-7)28-25(27)29-24(22)33;1-4(2)5-3;1-3-2;1-2/h9-14,17-18,21,30-31H,8,15-16H2,1-7H3,(H2,27,28,29);4H,1-3H3;3H2,1-2H3;2H,1H3. The van der Waals surface area contributed by atoms with Gasteiger partial charge in [0.25, 0.3) is 0 Å². The van der Waals surface area contributed by atoms with E-state index in [4.69, 9.17) is 29.4 Å². The molecule has 2 aromatic heterocycles. The number of methoxy groups -OCH3 is 2. The molecule has 0 radical (unpaired) electrons. The van der Waals surface area contributed by atoms with Gasteiger partial charge in [0.1, 0.15) is 17.7 Å². The fraction of sp³-hybridized carbons (Fsp3) is 0.618. The van der Waals surface area contributed by atoms with Crippen LogP contribution in [0.4, 0.5) is 11.8 Å². The molecule has 0 amide bonds. The predicted octanol–water partition coefficient (Wildman–Crippen LogP) is 6.72. The quantitative estimate of drug-likeness (QED) is 0.0503. The van der Waals surface area contributed by atoms with Crippen molar-refractivity contribution < 1.29 is 28.4 Å².